The fourth-order valence-electron chi connectivity index (χ4n) is 4.58. The van der Waals surface area contributed by atoms with Gasteiger partial charge in [0.05, 0.1) is 23.2 Å². The molecule has 0 spiro atoms. The van der Waals surface area contributed by atoms with Crippen molar-refractivity contribution >= 4 is 22.2 Å². The van der Waals surface area contributed by atoms with Crippen LogP contribution in [0.3, 0.4) is 0 Å². The van der Waals surface area contributed by atoms with Gasteiger partial charge in [-0.25, -0.2) is 8.78 Å². The van der Waals surface area contributed by atoms with Crippen LogP contribution in [0.4, 0.5) is 8.78 Å². The van der Waals surface area contributed by atoms with Crippen molar-refractivity contribution in [1.82, 2.24) is 4.57 Å². The molecule has 1 unspecified atom stereocenters. The molecule has 1 N–H and O–H groups in total. The number of fused-ring (bicyclic) bond motifs is 3. The topological polar surface area (TPSA) is 34.4 Å². The summed E-state index contributed by atoms with van der Waals surface area (Å²) in [5.41, 5.74) is 1.72. The van der Waals surface area contributed by atoms with E-state index in [0.717, 1.165) is 22.2 Å². The molecule has 0 fully saturated rings. The first kappa shape index (κ1) is 19.3. The Morgan fingerprint density at radius 2 is 1.77 bits per heavy atom. The molecule has 2 aromatic heterocycles. The molecule has 154 valence electrons. The highest BCUT2D eigenvalue weighted by atomic mass is 32.1. The molecule has 30 heavy (non-hydrogen) atoms. The number of hydrogen-bond donors (Lipinski definition) is 1. The number of phenolic OH excluding ortho intramolecular Hbond substituents is 1. The van der Waals surface area contributed by atoms with Gasteiger partial charge in [-0.3, -0.25) is 0 Å². The molecule has 1 aliphatic rings. The van der Waals surface area contributed by atoms with Crippen molar-refractivity contribution in [3.05, 3.63) is 81.7 Å². The van der Waals surface area contributed by atoms with Crippen LogP contribution in [-0.4, -0.2) is 16.3 Å². The van der Waals surface area contributed by atoms with Gasteiger partial charge in [0.15, 0.2) is 0 Å². The van der Waals surface area contributed by atoms with E-state index in [4.69, 9.17) is 4.74 Å². The van der Waals surface area contributed by atoms with Crippen molar-refractivity contribution < 1.29 is 18.6 Å². The van der Waals surface area contributed by atoms with E-state index in [2.05, 4.69) is 13.0 Å². The second-order valence-electron chi connectivity index (χ2n) is 8.46. The van der Waals surface area contributed by atoms with E-state index in [9.17, 15) is 13.9 Å². The SMILES string of the molecule is CC1(C)OCC(C)(c2cccs2)c2c1n(-c1ccc(F)cc1)c1cc(F)cc(O)c21. The quantitative estimate of drug-likeness (QED) is 0.412. The van der Waals surface area contributed by atoms with Crippen molar-refractivity contribution in [1.29, 1.82) is 0 Å². The summed E-state index contributed by atoms with van der Waals surface area (Å²) in [7, 11) is 0. The standard InChI is InChI=1S/C24H21F2NO2S/c1-23(2)22-21(24(3,13-29-23)19-5-4-10-30-19)20-17(11-15(26)12-18(20)28)27(22)16-8-6-14(25)7-9-16/h4-12,28H,13H2,1-3H3. The maximum atomic E-state index is 14.4. The number of thiophene rings is 1. The zero-order chi connectivity index (χ0) is 21.3. The van der Waals surface area contributed by atoms with E-state index in [0.29, 0.717) is 23.2 Å². The maximum absolute atomic E-state index is 14.4. The summed E-state index contributed by atoms with van der Waals surface area (Å²) in [6.45, 7) is 6.44. The highest BCUT2D eigenvalue weighted by Gasteiger charge is 2.47. The van der Waals surface area contributed by atoms with Crippen molar-refractivity contribution in [2.45, 2.75) is 31.8 Å². The third kappa shape index (κ3) is 2.63. The van der Waals surface area contributed by atoms with Crippen molar-refractivity contribution in [3.63, 3.8) is 0 Å². The molecule has 2 aromatic carbocycles. The second-order valence-corrected chi connectivity index (χ2v) is 9.41. The molecule has 4 aromatic rings. The number of ether oxygens (including phenoxy) is 1. The molecule has 6 heteroatoms. The Balaban J connectivity index is 1.98. The van der Waals surface area contributed by atoms with Crippen LogP contribution in [0.15, 0.2) is 53.9 Å². The van der Waals surface area contributed by atoms with E-state index >= 15 is 0 Å². The molecule has 0 saturated carbocycles. The van der Waals surface area contributed by atoms with Crippen LogP contribution in [0.2, 0.25) is 0 Å². The van der Waals surface area contributed by atoms with Crippen LogP contribution in [0.5, 0.6) is 5.75 Å². The summed E-state index contributed by atoms with van der Waals surface area (Å²) in [6.07, 6.45) is 0. The highest BCUT2D eigenvalue weighted by molar-refractivity contribution is 7.10. The molecule has 1 aliphatic heterocycles. The summed E-state index contributed by atoms with van der Waals surface area (Å²) in [5, 5.41) is 13.5. The number of phenols is 1. The van der Waals surface area contributed by atoms with Gasteiger partial charge < -0.3 is 14.4 Å². The molecule has 5 rings (SSSR count). The van der Waals surface area contributed by atoms with E-state index in [-0.39, 0.29) is 11.6 Å². The summed E-state index contributed by atoms with van der Waals surface area (Å²) in [6, 6.07) is 12.7. The van der Waals surface area contributed by atoms with Gasteiger partial charge in [0, 0.05) is 27.6 Å². The predicted octanol–water partition coefficient (Wildman–Crippen LogP) is 6.25. The molecule has 1 atom stereocenters. The molecule has 3 nitrogen and oxygen atoms in total. The summed E-state index contributed by atoms with van der Waals surface area (Å²) >= 11 is 1.62. The van der Waals surface area contributed by atoms with Gasteiger partial charge in [-0.2, -0.15) is 0 Å². The number of aromatic nitrogens is 1. The molecule has 0 bridgehead atoms. The minimum atomic E-state index is -0.706. The van der Waals surface area contributed by atoms with E-state index in [1.54, 1.807) is 23.5 Å². The highest BCUT2D eigenvalue weighted by Crippen LogP contribution is 2.52. The Labute approximate surface area is 177 Å². The number of halogens is 2. The van der Waals surface area contributed by atoms with Gasteiger partial charge >= 0.3 is 0 Å². The first-order chi connectivity index (χ1) is 14.2. The van der Waals surface area contributed by atoms with Crippen LogP contribution in [0.25, 0.3) is 16.6 Å². The third-order valence-corrected chi connectivity index (χ3v) is 7.14. The lowest BCUT2D eigenvalue weighted by Gasteiger charge is -2.42. The van der Waals surface area contributed by atoms with Crippen LogP contribution in [-0.2, 0) is 15.8 Å². The monoisotopic (exact) mass is 425 g/mol. The van der Waals surface area contributed by atoms with E-state index in [1.807, 2.05) is 29.9 Å². The van der Waals surface area contributed by atoms with Gasteiger partial charge in [-0.1, -0.05) is 6.07 Å². The molecular weight excluding hydrogens is 404 g/mol. The predicted molar refractivity (Wildman–Crippen MR) is 115 cm³/mol. The fourth-order valence-corrected chi connectivity index (χ4v) is 5.46. The second kappa shape index (κ2) is 6.40. The van der Waals surface area contributed by atoms with Gasteiger partial charge in [0.2, 0.25) is 0 Å². The molecular formula is C24H21F2NO2S. The number of aromatic hydroxyl groups is 1. The largest absolute Gasteiger partial charge is 0.507 e. The maximum Gasteiger partial charge on any atom is 0.129 e. The van der Waals surface area contributed by atoms with Crippen LogP contribution < -0.4 is 0 Å². The Bertz CT molecular complexity index is 1260. The minimum absolute atomic E-state index is 0.109. The van der Waals surface area contributed by atoms with Crippen molar-refractivity contribution in [2.24, 2.45) is 0 Å². The molecule has 3 heterocycles. The molecule has 0 radical (unpaired) electrons. The van der Waals surface area contributed by atoms with Gasteiger partial charge in [-0.15, -0.1) is 11.3 Å². The number of rotatable bonds is 2. The normalized spacial score (nSPS) is 20.4. The van der Waals surface area contributed by atoms with E-state index < -0.39 is 16.8 Å². The first-order valence-electron chi connectivity index (χ1n) is 9.74. The molecule has 0 saturated heterocycles. The first-order valence-corrected chi connectivity index (χ1v) is 10.6. The Hall–Kier alpha value is -2.70. The van der Waals surface area contributed by atoms with Gasteiger partial charge in [0.1, 0.15) is 23.0 Å². The fraction of sp³-hybridized carbons (Fsp3) is 0.250. The van der Waals surface area contributed by atoms with Gasteiger partial charge in [0.25, 0.3) is 0 Å². The molecule has 0 amide bonds. The lowest BCUT2D eigenvalue weighted by Crippen LogP contribution is -2.42. The average Bonchev–Trinajstić information content (AvgIpc) is 3.33. The van der Waals surface area contributed by atoms with Crippen LogP contribution in [0.1, 0.15) is 36.9 Å². The number of nitrogens with zero attached hydrogens (tertiary/aromatic N) is 1. The Kier molecular flexibility index (Phi) is 4.11. The summed E-state index contributed by atoms with van der Waals surface area (Å²) in [5.74, 6) is -0.991. The Morgan fingerprint density at radius 3 is 2.43 bits per heavy atom. The lowest BCUT2D eigenvalue weighted by atomic mass is 9.75. The van der Waals surface area contributed by atoms with E-state index in [1.165, 1.54) is 18.2 Å². The third-order valence-electron chi connectivity index (χ3n) is 6.01. The zero-order valence-corrected chi connectivity index (χ0v) is 17.7. The molecule has 0 aliphatic carbocycles. The van der Waals surface area contributed by atoms with Crippen molar-refractivity contribution in [2.75, 3.05) is 6.61 Å². The number of benzene rings is 2. The summed E-state index contributed by atoms with van der Waals surface area (Å²) < 4.78 is 36.3. The lowest BCUT2D eigenvalue weighted by molar-refractivity contribution is -0.0576. The minimum Gasteiger partial charge on any atom is -0.507 e. The van der Waals surface area contributed by atoms with Crippen LogP contribution in [0, 0.1) is 11.6 Å². The smallest absolute Gasteiger partial charge is 0.129 e. The van der Waals surface area contributed by atoms with Gasteiger partial charge in [-0.05, 0) is 62.5 Å². The Morgan fingerprint density at radius 1 is 1.03 bits per heavy atom. The van der Waals surface area contributed by atoms with Crippen molar-refractivity contribution in [3.8, 4) is 11.4 Å². The summed E-state index contributed by atoms with van der Waals surface area (Å²) in [4.78, 5) is 1.10. The average molecular weight is 426 g/mol. The zero-order valence-electron chi connectivity index (χ0n) is 16.9. The van der Waals surface area contributed by atoms with Crippen LogP contribution >= 0.6 is 11.3 Å². The number of hydrogen-bond acceptors (Lipinski definition) is 3.